The summed E-state index contributed by atoms with van der Waals surface area (Å²) in [4.78, 5) is 23.8. The molecule has 2 atom stereocenters. The van der Waals surface area contributed by atoms with Crippen LogP contribution >= 0.6 is 0 Å². The van der Waals surface area contributed by atoms with Gasteiger partial charge in [-0.25, -0.2) is 0 Å². The van der Waals surface area contributed by atoms with Crippen LogP contribution in [0.25, 0.3) is 0 Å². The molecule has 0 aliphatic heterocycles. The first-order valence-corrected chi connectivity index (χ1v) is 5.57. The Labute approximate surface area is 96.1 Å². The summed E-state index contributed by atoms with van der Waals surface area (Å²) in [7, 11) is 0. The Hall–Kier alpha value is -1.10. The summed E-state index contributed by atoms with van der Waals surface area (Å²) in [5.41, 5.74) is 0. The summed E-state index contributed by atoms with van der Waals surface area (Å²) in [6, 6.07) is 0. The monoisotopic (exact) mass is 231 g/mol. The Kier molecular flexibility index (Phi) is 6.72. The Morgan fingerprint density at radius 2 is 1.81 bits per heavy atom. The van der Waals surface area contributed by atoms with E-state index in [1.807, 2.05) is 6.92 Å². The number of carbonyl (C=O) groups excluding carboxylic acids is 1. The number of nitrogens with zero attached hydrogens (tertiary/aromatic N) is 1. The van der Waals surface area contributed by atoms with Crippen molar-refractivity contribution in [2.75, 3.05) is 13.1 Å². The molecule has 0 heterocycles. The van der Waals surface area contributed by atoms with Gasteiger partial charge in [-0.15, -0.1) is 0 Å². The highest BCUT2D eigenvalue weighted by Gasteiger charge is 2.20. The van der Waals surface area contributed by atoms with E-state index in [1.165, 1.54) is 4.90 Å². The molecule has 0 rings (SSSR count). The van der Waals surface area contributed by atoms with Crippen molar-refractivity contribution in [1.29, 1.82) is 0 Å². The molecule has 0 aromatic heterocycles. The largest absolute Gasteiger partial charge is 0.481 e. The molecule has 5 heteroatoms. The van der Waals surface area contributed by atoms with Crippen LogP contribution in [0.2, 0.25) is 0 Å². The zero-order chi connectivity index (χ0) is 12.7. The van der Waals surface area contributed by atoms with Crippen LogP contribution < -0.4 is 0 Å². The van der Waals surface area contributed by atoms with Crippen molar-refractivity contribution in [3.8, 4) is 0 Å². The molecule has 0 aromatic carbocycles. The molecule has 94 valence electrons. The van der Waals surface area contributed by atoms with Gasteiger partial charge in [0, 0.05) is 19.5 Å². The number of carboxylic acids is 1. The third-order valence-electron chi connectivity index (χ3n) is 2.22. The van der Waals surface area contributed by atoms with Gasteiger partial charge in [0.1, 0.15) is 0 Å². The van der Waals surface area contributed by atoms with Gasteiger partial charge in [0.15, 0.2) is 0 Å². The first-order valence-electron chi connectivity index (χ1n) is 5.57. The number of carbonyl (C=O) groups is 2. The number of aliphatic carboxylic acids is 1. The minimum atomic E-state index is -0.931. The fraction of sp³-hybridized carbons (Fsp3) is 0.818. The van der Waals surface area contributed by atoms with Gasteiger partial charge >= 0.3 is 5.97 Å². The number of hydrogen-bond donors (Lipinski definition) is 2. The van der Waals surface area contributed by atoms with Crippen LogP contribution in [0.3, 0.4) is 0 Å². The summed E-state index contributed by atoms with van der Waals surface area (Å²) >= 11 is 0. The van der Waals surface area contributed by atoms with E-state index in [0.717, 1.165) is 6.42 Å². The fourth-order valence-electron chi connectivity index (χ4n) is 1.38. The van der Waals surface area contributed by atoms with Crippen molar-refractivity contribution in [2.45, 2.75) is 39.7 Å². The number of carboxylic acid groups (broad SMARTS) is 1. The van der Waals surface area contributed by atoms with E-state index < -0.39 is 18.0 Å². The molecule has 0 saturated heterocycles. The lowest BCUT2D eigenvalue weighted by atomic mass is 10.1. The van der Waals surface area contributed by atoms with Gasteiger partial charge in [-0.1, -0.05) is 13.8 Å². The van der Waals surface area contributed by atoms with Crippen LogP contribution in [0.4, 0.5) is 0 Å². The maximum Gasteiger partial charge on any atom is 0.308 e. The highest BCUT2D eigenvalue weighted by atomic mass is 16.4. The molecular formula is C11H21NO4. The predicted molar refractivity (Wildman–Crippen MR) is 60.0 cm³/mol. The lowest BCUT2D eigenvalue weighted by Gasteiger charge is -2.25. The van der Waals surface area contributed by atoms with Crippen molar-refractivity contribution in [3.63, 3.8) is 0 Å². The van der Waals surface area contributed by atoms with Crippen molar-refractivity contribution < 1.29 is 19.8 Å². The second kappa shape index (κ2) is 7.22. The van der Waals surface area contributed by atoms with Gasteiger partial charge in [0.05, 0.1) is 12.0 Å². The molecule has 0 aliphatic carbocycles. The van der Waals surface area contributed by atoms with Gasteiger partial charge in [-0.3, -0.25) is 9.59 Å². The van der Waals surface area contributed by atoms with Gasteiger partial charge in [-0.2, -0.15) is 0 Å². The zero-order valence-electron chi connectivity index (χ0n) is 10.1. The van der Waals surface area contributed by atoms with Gasteiger partial charge < -0.3 is 15.1 Å². The van der Waals surface area contributed by atoms with Crippen LogP contribution in [-0.2, 0) is 9.59 Å². The van der Waals surface area contributed by atoms with Crippen molar-refractivity contribution in [1.82, 2.24) is 4.90 Å². The number of rotatable bonds is 7. The quantitative estimate of drug-likeness (QED) is 0.676. The summed E-state index contributed by atoms with van der Waals surface area (Å²) in [6.45, 7) is 5.36. The van der Waals surface area contributed by atoms with E-state index in [2.05, 4.69) is 0 Å². The van der Waals surface area contributed by atoms with E-state index >= 15 is 0 Å². The van der Waals surface area contributed by atoms with E-state index in [9.17, 15) is 14.7 Å². The number of hydrogen-bond acceptors (Lipinski definition) is 3. The minimum absolute atomic E-state index is 0.100. The SMILES string of the molecule is CCCC(=O)N(CC(C)O)CC(C)C(=O)O. The Bertz CT molecular complexity index is 240. The molecule has 0 spiro atoms. The van der Waals surface area contributed by atoms with Crippen LogP contribution in [0.15, 0.2) is 0 Å². The molecule has 0 radical (unpaired) electrons. The second-order valence-electron chi connectivity index (χ2n) is 4.14. The van der Waals surface area contributed by atoms with E-state index in [4.69, 9.17) is 5.11 Å². The molecule has 0 aromatic rings. The third kappa shape index (κ3) is 5.70. The minimum Gasteiger partial charge on any atom is -0.481 e. The normalized spacial score (nSPS) is 14.2. The van der Waals surface area contributed by atoms with Gasteiger partial charge in [0.25, 0.3) is 0 Å². The van der Waals surface area contributed by atoms with E-state index in [0.29, 0.717) is 6.42 Å². The van der Waals surface area contributed by atoms with Gasteiger partial charge in [-0.05, 0) is 13.3 Å². The van der Waals surface area contributed by atoms with Crippen LogP contribution in [0.1, 0.15) is 33.6 Å². The number of aliphatic hydroxyl groups excluding tert-OH is 1. The summed E-state index contributed by atoms with van der Waals surface area (Å²) in [6.07, 6.45) is 0.470. The summed E-state index contributed by atoms with van der Waals surface area (Å²) in [5, 5.41) is 18.0. The first kappa shape index (κ1) is 14.9. The number of aliphatic hydroxyl groups is 1. The summed E-state index contributed by atoms with van der Waals surface area (Å²) in [5.74, 6) is -1.64. The van der Waals surface area contributed by atoms with E-state index in [-0.39, 0.29) is 19.0 Å². The van der Waals surface area contributed by atoms with Crippen LogP contribution in [0, 0.1) is 5.92 Å². The highest BCUT2D eigenvalue weighted by Crippen LogP contribution is 2.05. The van der Waals surface area contributed by atoms with Gasteiger partial charge in [0.2, 0.25) is 5.91 Å². The topological polar surface area (TPSA) is 77.8 Å². The molecule has 2 N–H and O–H groups in total. The Morgan fingerprint density at radius 3 is 2.19 bits per heavy atom. The molecule has 0 fully saturated rings. The average Bonchev–Trinajstić information content (AvgIpc) is 2.16. The molecule has 5 nitrogen and oxygen atoms in total. The smallest absolute Gasteiger partial charge is 0.308 e. The molecule has 0 saturated carbocycles. The Balaban J connectivity index is 4.42. The van der Waals surface area contributed by atoms with Crippen LogP contribution in [-0.4, -0.2) is 46.2 Å². The Morgan fingerprint density at radius 1 is 1.25 bits per heavy atom. The molecule has 1 amide bonds. The molecular weight excluding hydrogens is 210 g/mol. The fourth-order valence-corrected chi connectivity index (χ4v) is 1.38. The van der Waals surface area contributed by atoms with Crippen molar-refractivity contribution in [3.05, 3.63) is 0 Å². The molecule has 16 heavy (non-hydrogen) atoms. The standard InChI is InChI=1S/C11H21NO4/c1-4-5-10(14)12(7-9(3)13)6-8(2)11(15)16/h8-9,13H,4-7H2,1-3H3,(H,15,16). The molecule has 0 bridgehead atoms. The zero-order valence-corrected chi connectivity index (χ0v) is 10.1. The maximum absolute atomic E-state index is 11.7. The van der Waals surface area contributed by atoms with Crippen molar-refractivity contribution >= 4 is 11.9 Å². The average molecular weight is 231 g/mol. The maximum atomic E-state index is 11.7. The lowest BCUT2D eigenvalue weighted by molar-refractivity contribution is -0.143. The van der Waals surface area contributed by atoms with E-state index in [1.54, 1.807) is 13.8 Å². The highest BCUT2D eigenvalue weighted by molar-refractivity contribution is 5.77. The third-order valence-corrected chi connectivity index (χ3v) is 2.22. The summed E-state index contributed by atoms with van der Waals surface area (Å²) < 4.78 is 0. The van der Waals surface area contributed by atoms with Crippen LogP contribution in [0.5, 0.6) is 0 Å². The molecule has 2 unspecified atom stereocenters. The second-order valence-corrected chi connectivity index (χ2v) is 4.14. The number of amides is 1. The predicted octanol–water partition coefficient (Wildman–Crippen LogP) is 0.717. The first-order chi connectivity index (χ1) is 7.38. The van der Waals surface area contributed by atoms with Crippen molar-refractivity contribution in [2.24, 2.45) is 5.92 Å². The lowest BCUT2D eigenvalue weighted by Crippen LogP contribution is -2.40. The molecule has 0 aliphatic rings.